The Hall–Kier alpha value is -3.22. The number of nitrogens with zero attached hydrogens (tertiary/aromatic N) is 2. The molecule has 5 aromatic rings. The number of aryl methyl sites for hydroxylation is 1. The van der Waals surface area contributed by atoms with Gasteiger partial charge in [-0.3, -0.25) is 4.79 Å². The minimum absolute atomic E-state index is 0.00254. The molecule has 2 aromatic heterocycles. The molecule has 0 unspecified atom stereocenters. The summed E-state index contributed by atoms with van der Waals surface area (Å²) < 4.78 is 1.17. The third-order valence-corrected chi connectivity index (χ3v) is 7.19. The van der Waals surface area contributed by atoms with Crippen LogP contribution in [0.1, 0.15) is 12.0 Å². The molecule has 0 aliphatic rings. The molecular formula is C26H21N3OS2. The van der Waals surface area contributed by atoms with Gasteiger partial charge in [0.1, 0.15) is 5.01 Å². The van der Waals surface area contributed by atoms with Crippen LogP contribution in [0.2, 0.25) is 0 Å². The number of aromatic nitrogens is 2. The summed E-state index contributed by atoms with van der Waals surface area (Å²) in [4.78, 5) is 21.8. The van der Waals surface area contributed by atoms with Crippen molar-refractivity contribution in [1.82, 2.24) is 9.97 Å². The minimum Gasteiger partial charge on any atom is -0.326 e. The molecule has 0 atom stereocenters. The first kappa shape index (κ1) is 20.7. The molecule has 3 aromatic carbocycles. The Bertz CT molecular complexity index is 1380. The lowest BCUT2D eigenvalue weighted by molar-refractivity contribution is -0.115. The van der Waals surface area contributed by atoms with Gasteiger partial charge in [0.05, 0.1) is 20.8 Å². The summed E-state index contributed by atoms with van der Waals surface area (Å²) in [5.74, 6) is 0.683. The van der Waals surface area contributed by atoms with Crippen molar-refractivity contribution in [1.29, 1.82) is 0 Å². The average molecular weight is 456 g/mol. The number of rotatable bonds is 6. The first-order valence-electron chi connectivity index (χ1n) is 10.4. The van der Waals surface area contributed by atoms with Crippen LogP contribution in [-0.4, -0.2) is 21.6 Å². The number of anilines is 1. The number of thioether (sulfide) groups is 1. The Labute approximate surface area is 194 Å². The van der Waals surface area contributed by atoms with Crippen LogP contribution in [0.4, 0.5) is 5.69 Å². The second-order valence-electron chi connectivity index (χ2n) is 7.51. The van der Waals surface area contributed by atoms with Gasteiger partial charge in [-0.1, -0.05) is 30.3 Å². The monoisotopic (exact) mass is 455 g/mol. The number of thiazole rings is 1. The fourth-order valence-corrected chi connectivity index (χ4v) is 5.45. The van der Waals surface area contributed by atoms with Crippen LogP contribution >= 0.6 is 23.1 Å². The highest BCUT2D eigenvalue weighted by molar-refractivity contribution is 7.99. The zero-order valence-electron chi connectivity index (χ0n) is 17.5. The van der Waals surface area contributed by atoms with Crippen LogP contribution in [0.5, 0.6) is 0 Å². The van der Waals surface area contributed by atoms with E-state index < -0.39 is 0 Å². The van der Waals surface area contributed by atoms with Crippen molar-refractivity contribution in [2.45, 2.75) is 18.4 Å². The van der Waals surface area contributed by atoms with E-state index in [0.717, 1.165) is 32.3 Å². The maximum absolute atomic E-state index is 12.4. The highest BCUT2D eigenvalue weighted by Crippen LogP contribution is 2.30. The number of fused-ring (bicyclic) bond motifs is 2. The van der Waals surface area contributed by atoms with E-state index in [-0.39, 0.29) is 5.91 Å². The van der Waals surface area contributed by atoms with Gasteiger partial charge in [-0.2, -0.15) is 0 Å². The average Bonchev–Trinajstić information content (AvgIpc) is 3.24. The molecular weight excluding hydrogens is 434 g/mol. The molecule has 158 valence electrons. The zero-order valence-corrected chi connectivity index (χ0v) is 19.2. The molecule has 0 spiro atoms. The summed E-state index contributed by atoms with van der Waals surface area (Å²) in [6, 6.07) is 26.2. The van der Waals surface area contributed by atoms with Crippen molar-refractivity contribution in [3.05, 3.63) is 84.4 Å². The van der Waals surface area contributed by atoms with E-state index in [1.165, 1.54) is 15.6 Å². The van der Waals surface area contributed by atoms with Crippen molar-refractivity contribution in [2.75, 3.05) is 11.1 Å². The third kappa shape index (κ3) is 4.52. The van der Waals surface area contributed by atoms with Gasteiger partial charge in [0, 0.05) is 28.8 Å². The smallest absolute Gasteiger partial charge is 0.225 e. The van der Waals surface area contributed by atoms with Gasteiger partial charge in [0.25, 0.3) is 0 Å². The lowest BCUT2D eigenvalue weighted by Gasteiger charge is -2.07. The quantitative estimate of drug-likeness (QED) is 0.282. The second-order valence-corrected chi connectivity index (χ2v) is 9.65. The van der Waals surface area contributed by atoms with E-state index in [0.29, 0.717) is 12.2 Å². The number of carbonyl (C=O) groups excluding carboxylic acids is 1. The number of pyridine rings is 1. The summed E-state index contributed by atoms with van der Waals surface area (Å²) in [7, 11) is 0. The lowest BCUT2D eigenvalue weighted by atomic mass is 10.1. The molecule has 5 rings (SSSR count). The van der Waals surface area contributed by atoms with E-state index in [1.807, 2.05) is 60.7 Å². The van der Waals surface area contributed by atoms with Crippen molar-refractivity contribution in [3.63, 3.8) is 0 Å². The number of carbonyl (C=O) groups is 1. The highest BCUT2D eigenvalue weighted by atomic mass is 32.2. The van der Waals surface area contributed by atoms with Gasteiger partial charge in [-0.05, 0) is 61.0 Å². The Morgan fingerprint density at radius 3 is 2.50 bits per heavy atom. The first-order valence-corrected chi connectivity index (χ1v) is 12.2. The van der Waals surface area contributed by atoms with E-state index in [9.17, 15) is 4.79 Å². The molecule has 0 radical (unpaired) electrons. The largest absolute Gasteiger partial charge is 0.326 e. The predicted octanol–water partition coefficient (Wildman–Crippen LogP) is 6.94. The van der Waals surface area contributed by atoms with Crippen molar-refractivity contribution < 1.29 is 4.79 Å². The number of hydrogen-bond acceptors (Lipinski definition) is 5. The predicted molar refractivity (Wildman–Crippen MR) is 136 cm³/mol. The summed E-state index contributed by atoms with van der Waals surface area (Å²) in [6.07, 6.45) is 0.428. The molecule has 0 bridgehead atoms. The third-order valence-electron chi connectivity index (χ3n) is 5.19. The molecule has 0 aliphatic carbocycles. The molecule has 32 heavy (non-hydrogen) atoms. The van der Waals surface area contributed by atoms with E-state index in [4.69, 9.17) is 9.97 Å². The molecule has 0 aliphatic heterocycles. The number of amides is 1. The maximum Gasteiger partial charge on any atom is 0.225 e. The Morgan fingerprint density at radius 1 is 0.938 bits per heavy atom. The number of nitrogens with one attached hydrogen (secondary N) is 1. The topological polar surface area (TPSA) is 54.9 Å². The molecule has 0 fully saturated rings. The number of hydrogen-bond donors (Lipinski definition) is 1. The fraction of sp³-hybridized carbons (Fsp3) is 0.115. The Kier molecular flexibility index (Phi) is 5.88. The van der Waals surface area contributed by atoms with E-state index >= 15 is 0 Å². The SMILES string of the molecule is Cc1cc(SCCC(=O)Nc2ccc(-c3nc4ccccc4s3)cc2)nc2ccccc12. The van der Waals surface area contributed by atoms with Gasteiger partial charge in [-0.15, -0.1) is 23.1 Å². The normalized spacial score (nSPS) is 11.2. The van der Waals surface area contributed by atoms with Crippen LogP contribution < -0.4 is 5.32 Å². The minimum atomic E-state index is 0.00254. The van der Waals surface area contributed by atoms with E-state index in [1.54, 1.807) is 23.1 Å². The van der Waals surface area contributed by atoms with Crippen LogP contribution in [0.25, 0.3) is 31.7 Å². The van der Waals surface area contributed by atoms with Crippen LogP contribution in [0, 0.1) is 6.92 Å². The highest BCUT2D eigenvalue weighted by Gasteiger charge is 2.08. The molecule has 1 amide bonds. The summed E-state index contributed by atoms with van der Waals surface area (Å²) in [5, 5.41) is 6.09. The summed E-state index contributed by atoms with van der Waals surface area (Å²) in [5.41, 5.74) is 5.06. The fourth-order valence-electron chi connectivity index (χ4n) is 3.56. The molecule has 6 heteroatoms. The molecule has 0 saturated heterocycles. The van der Waals surface area contributed by atoms with Crippen LogP contribution in [0.3, 0.4) is 0 Å². The molecule has 4 nitrogen and oxygen atoms in total. The summed E-state index contributed by atoms with van der Waals surface area (Å²) >= 11 is 3.28. The second kappa shape index (κ2) is 9.10. The van der Waals surface area contributed by atoms with Gasteiger partial charge in [0.2, 0.25) is 5.91 Å². The molecule has 0 saturated carbocycles. The molecule has 2 heterocycles. The lowest BCUT2D eigenvalue weighted by Crippen LogP contribution is -2.12. The molecule has 1 N–H and O–H groups in total. The first-order chi connectivity index (χ1) is 15.7. The standard InChI is InChI=1S/C26H21N3OS2/c1-17-16-25(28-21-7-3-2-6-20(17)21)31-15-14-24(30)27-19-12-10-18(11-13-19)26-29-22-8-4-5-9-23(22)32-26/h2-13,16H,14-15H2,1H3,(H,27,30). The van der Waals surface area contributed by atoms with E-state index in [2.05, 4.69) is 30.4 Å². The number of para-hydroxylation sites is 2. The van der Waals surface area contributed by atoms with Gasteiger partial charge in [-0.25, -0.2) is 9.97 Å². The van der Waals surface area contributed by atoms with Crippen molar-refractivity contribution in [2.24, 2.45) is 0 Å². The van der Waals surface area contributed by atoms with Crippen molar-refractivity contribution >= 4 is 55.8 Å². The maximum atomic E-state index is 12.4. The van der Waals surface area contributed by atoms with Crippen molar-refractivity contribution in [3.8, 4) is 10.6 Å². The summed E-state index contributed by atoms with van der Waals surface area (Å²) in [6.45, 7) is 2.10. The number of benzene rings is 3. The van der Waals surface area contributed by atoms with Gasteiger partial charge in [0.15, 0.2) is 0 Å². The van der Waals surface area contributed by atoms with Gasteiger partial charge >= 0.3 is 0 Å². The Morgan fingerprint density at radius 2 is 1.69 bits per heavy atom. The zero-order chi connectivity index (χ0) is 21.9. The van der Waals surface area contributed by atoms with Crippen LogP contribution in [0.15, 0.2) is 83.9 Å². The van der Waals surface area contributed by atoms with Gasteiger partial charge < -0.3 is 5.32 Å². The Balaban J connectivity index is 1.17. The van der Waals surface area contributed by atoms with Crippen LogP contribution in [-0.2, 0) is 4.79 Å².